The van der Waals surface area contributed by atoms with Gasteiger partial charge in [0.05, 0.1) is 12.1 Å². The topological polar surface area (TPSA) is 65.0 Å². The van der Waals surface area contributed by atoms with Crippen LogP contribution >= 0.6 is 11.8 Å². The van der Waals surface area contributed by atoms with Crippen LogP contribution in [0.4, 0.5) is 4.39 Å². The van der Waals surface area contributed by atoms with Crippen LogP contribution in [-0.2, 0) is 12.2 Å². The maximum absolute atomic E-state index is 13.1. The molecular formula is C15H14FN3O2S. The summed E-state index contributed by atoms with van der Waals surface area (Å²) < 4.78 is 23.8. The minimum absolute atomic E-state index is 0.273. The van der Waals surface area contributed by atoms with Gasteiger partial charge >= 0.3 is 0 Å². The Bertz CT molecular complexity index is 765. The highest BCUT2D eigenvalue weighted by atomic mass is 32.2. The molecule has 0 aliphatic heterocycles. The average Bonchev–Trinajstić information content (AvgIpc) is 3.05. The number of thioether (sulfide) groups is 1. The molecule has 0 aliphatic rings. The fourth-order valence-electron chi connectivity index (χ4n) is 2.03. The van der Waals surface area contributed by atoms with Gasteiger partial charge in [-0.25, -0.2) is 4.39 Å². The Balaban J connectivity index is 1.64. The lowest BCUT2D eigenvalue weighted by molar-refractivity contribution is 0.392. The first-order valence-electron chi connectivity index (χ1n) is 6.73. The van der Waals surface area contributed by atoms with Gasteiger partial charge in [0.2, 0.25) is 5.89 Å². The van der Waals surface area contributed by atoms with Crippen molar-refractivity contribution < 1.29 is 13.3 Å². The third-order valence-electron chi connectivity index (χ3n) is 3.21. The van der Waals surface area contributed by atoms with Crippen molar-refractivity contribution >= 4 is 11.8 Å². The van der Waals surface area contributed by atoms with E-state index in [2.05, 4.69) is 15.4 Å². The van der Waals surface area contributed by atoms with E-state index >= 15 is 0 Å². The molecule has 3 rings (SSSR count). The molecule has 1 aromatic carbocycles. The highest BCUT2D eigenvalue weighted by Crippen LogP contribution is 2.25. The smallest absolute Gasteiger partial charge is 0.276 e. The summed E-state index contributed by atoms with van der Waals surface area (Å²) in [5.41, 5.74) is 2.70. The summed E-state index contributed by atoms with van der Waals surface area (Å²) in [6, 6.07) is 6.35. The zero-order valence-electron chi connectivity index (χ0n) is 12.2. The molecule has 0 spiro atoms. The predicted molar refractivity (Wildman–Crippen MR) is 79.0 cm³/mol. The third-order valence-corrected chi connectivity index (χ3v) is 4.06. The molecule has 3 aromatic rings. The van der Waals surface area contributed by atoms with Gasteiger partial charge in [-0.1, -0.05) is 29.1 Å². The number of rotatable bonds is 5. The number of hydrogen-bond donors (Lipinski definition) is 0. The van der Waals surface area contributed by atoms with Gasteiger partial charge in [-0.15, -0.1) is 10.2 Å². The first-order valence-corrected chi connectivity index (χ1v) is 7.72. The first kappa shape index (κ1) is 14.8. The Morgan fingerprint density at radius 3 is 2.82 bits per heavy atom. The zero-order valence-corrected chi connectivity index (χ0v) is 13.0. The Kier molecular flexibility index (Phi) is 4.24. The molecule has 7 heteroatoms. The van der Waals surface area contributed by atoms with Crippen LogP contribution in [0.5, 0.6) is 0 Å². The highest BCUT2D eigenvalue weighted by molar-refractivity contribution is 7.98. The van der Waals surface area contributed by atoms with Crippen molar-refractivity contribution in [2.45, 2.75) is 31.2 Å². The Hall–Kier alpha value is -2.15. The van der Waals surface area contributed by atoms with Gasteiger partial charge < -0.3 is 8.94 Å². The largest absolute Gasteiger partial charge is 0.416 e. The van der Waals surface area contributed by atoms with Crippen LogP contribution in [0.25, 0.3) is 0 Å². The summed E-state index contributed by atoms with van der Waals surface area (Å²) in [4.78, 5) is 0. The molecule has 0 N–H and O–H groups in total. The molecule has 0 fully saturated rings. The number of benzene rings is 1. The minimum atomic E-state index is -0.273. The molecule has 2 aromatic heterocycles. The van der Waals surface area contributed by atoms with E-state index in [-0.39, 0.29) is 5.82 Å². The summed E-state index contributed by atoms with van der Waals surface area (Å²) in [5.74, 6) is 1.64. The molecule has 0 radical (unpaired) electrons. The maximum Gasteiger partial charge on any atom is 0.276 e. The van der Waals surface area contributed by atoms with Crippen LogP contribution in [0.15, 0.2) is 38.4 Å². The number of hydrogen-bond acceptors (Lipinski definition) is 6. The van der Waals surface area contributed by atoms with E-state index in [0.29, 0.717) is 23.3 Å². The normalized spacial score (nSPS) is 11.0. The highest BCUT2D eigenvalue weighted by Gasteiger charge is 2.13. The summed E-state index contributed by atoms with van der Waals surface area (Å²) in [6.07, 6.45) is 0.413. The SMILES string of the molecule is Cc1noc(C)c1CSc1nnc(Cc2cccc(F)c2)o1. The van der Waals surface area contributed by atoms with Crippen molar-refractivity contribution in [2.24, 2.45) is 0 Å². The van der Waals surface area contributed by atoms with Crippen LogP contribution in [0.2, 0.25) is 0 Å². The van der Waals surface area contributed by atoms with E-state index in [1.807, 2.05) is 19.9 Å². The maximum atomic E-state index is 13.1. The van der Waals surface area contributed by atoms with E-state index in [1.165, 1.54) is 23.9 Å². The van der Waals surface area contributed by atoms with Crippen molar-refractivity contribution in [3.05, 3.63) is 58.6 Å². The fraction of sp³-hybridized carbons (Fsp3) is 0.267. The average molecular weight is 319 g/mol. The third kappa shape index (κ3) is 3.36. The minimum Gasteiger partial charge on any atom is -0.416 e. The van der Waals surface area contributed by atoms with Crippen molar-refractivity contribution in [2.75, 3.05) is 0 Å². The molecule has 0 amide bonds. The zero-order chi connectivity index (χ0) is 15.5. The summed E-state index contributed by atoms with van der Waals surface area (Å²) in [7, 11) is 0. The van der Waals surface area contributed by atoms with Crippen molar-refractivity contribution in [1.82, 2.24) is 15.4 Å². The molecule has 114 valence electrons. The second-order valence-corrected chi connectivity index (χ2v) is 5.79. The fourth-order valence-corrected chi connectivity index (χ4v) is 2.97. The summed E-state index contributed by atoms with van der Waals surface area (Å²) in [6.45, 7) is 3.77. The van der Waals surface area contributed by atoms with Gasteiger partial charge in [-0.3, -0.25) is 0 Å². The van der Waals surface area contributed by atoms with Crippen LogP contribution in [0.3, 0.4) is 0 Å². The lowest BCUT2D eigenvalue weighted by Gasteiger charge is -1.97. The second-order valence-electron chi connectivity index (χ2n) is 4.86. The monoisotopic (exact) mass is 319 g/mol. The quantitative estimate of drug-likeness (QED) is 0.668. The molecular weight excluding hydrogens is 305 g/mol. The van der Waals surface area contributed by atoms with E-state index in [9.17, 15) is 4.39 Å². The van der Waals surface area contributed by atoms with Gasteiger partial charge in [0, 0.05) is 11.3 Å². The lowest BCUT2D eigenvalue weighted by atomic mass is 10.1. The summed E-state index contributed by atoms with van der Waals surface area (Å²) >= 11 is 1.43. The number of aromatic nitrogens is 3. The van der Waals surface area contributed by atoms with Gasteiger partial charge in [-0.2, -0.15) is 0 Å². The molecule has 22 heavy (non-hydrogen) atoms. The number of aryl methyl sites for hydroxylation is 2. The Labute approximate surface area is 130 Å². The lowest BCUT2D eigenvalue weighted by Crippen LogP contribution is -1.89. The molecule has 0 saturated heterocycles. The van der Waals surface area contributed by atoms with Crippen molar-refractivity contribution in [3.63, 3.8) is 0 Å². The number of nitrogens with zero attached hydrogens (tertiary/aromatic N) is 3. The van der Waals surface area contributed by atoms with Crippen LogP contribution in [0, 0.1) is 19.7 Å². The number of halogens is 1. The first-order chi connectivity index (χ1) is 10.6. The van der Waals surface area contributed by atoms with E-state index in [1.54, 1.807) is 6.07 Å². The van der Waals surface area contributed by atoms with Gasteiger partial charge in [0.1, 0.15) is 11.6 Å². The molecule has 0 unspecified atom stereocenters. The van der Waals surface area contributed by atoms with E-state index in [0.717, 1.165) is 22.6 Å². The molecule has 0 saturated carbocycles. The standard InChI is InChI=1S/C15H14FN3O2S/c1-9-13(10(2)21-19-9)8-22-15-18-17-14(20-15)7-11-4-3-5-12(16)6-11/h3-6H,7-8H2,1-2H3. The predicted octanol–water partition coefficient (Wildman–Crippen LogP) is 3.70. The molecule has 5 nitrogen and oxygen atoms in total. The van der Waals surface area contributed by atoms with Crippen LogP contribution in [0.1, 0.15) is 28.5 Å². The van der Waals surface area contributed by atoms with Gasteiger partial charge in [-0.05, 0) is 31.5 Å². The van der Waals surface area contributed by atoms with Gasteiger partial charge in [0.25, 0.3) is 5.22 Å². The van der Waals surface area contributed by atoms with Crippen molar-refractivity contribution in [1.29, 1.82) is 0 Å². The molecule has 2 heterocycles. The van der Waals surface area contributed by atoms with Gasteiger partial charge in [0.15, 0.2) is 0 Å². The van der Waals surface area contributed by atoms with E-state index < -0.39 is 0 Å². The van der Waals surface area contributed by atoms with Crippen LogP contribution < -0.4 is 0 Å². The Morgan fingerprint density at radius 2 is 2.09 bits per heavy atom. The molecule has 0 atom stereocenters. The second kappa shape index (κ2) is 6.31. The Morgan fingerprint density at radius 1 is 1.23 bits per heavy atom. The molecule has 0 bridgehead atoms. The van der Waals surface area contributed by atoms with E-state index in [4.69, 9.17) is 8.94 Å². The summed E-state index contributed by atoms with van der Waals surface area (Å²) in [5, 5.41) is 12.4. The molecule has 0 aliphatic carbocycles. The van der Waals surface area contributed by atoms with Crippen LogP contribution in [-0.4, -0.2) is 15.4 Å². The van der Waals surface area contributed by atoms with Crippen molar-refractivity contribution in [3.8, 4) is 0 Å².